The van der Waals surface area contributed by atoms with Crippen LogP contribution in [0.15, 0.2) is 48.5 Å². The molecular formula is C28H40N2O4. The SMILES string of the molecule is COC.COC(=O)c1cccc(CCN(C)CCCC(C#N)(c2ccc(OC)cc2)C(C)C)c1. The maximum atomic E-state index is 11.7. The van der Waals surface area contributed by atoms with E-state index in [-0.39, 0.29) is 11.9 Å². The van der Waals surface area contributed by atoms with Crippen molar-refractivity contribution in [3.63, 3.8) is 0 Å². The van der Waals surface area contributed by atoms with Crippen LogP contribution in [0.5, 0.6) is 5.75 Å². The third kappa shape index (κ3) is 8.48. The Morgan fingerprint density at radius 1 is 1.06 bits per heavy atom. The molecule has 1 atom stereocenters. The second kappa shape index (κ2) is 15.1. The predicted molar refractivity (Wildman–Crippen MR) is 136 cm³/mol. The van der Waals surface area contributed by atoms with Gasteiger partial charge >= 0.3 is 5.97 Å². The molecule has 0 radical (unpaired) electrons. The number of esters is 1. The highest BCUT2D eigenvalue weighted by Crippen LogP contribution is 2.37. The Labute approximate surface area is 205 Å². The van der Waals surface area contributed by atoms with Gasteiger partial charge in [-0.3, -0.25) is 0 Å². The molecule has 2 aromatic carbocycles. The average Bonchev–Trinajstić information content (AvgIpc) is 2.85. The van der Waals surface area contributed by atoms with Gasteiger partial charge in [0.25, 0.3) is 0 Å². The third-order valence-corrected chi connectivity index (χ3v) is 6.03. The van der Waals surface area contributed by atoms with Crippen molar-refractivity contribution in [2.24, 2.45) is 5.92 Å². The molecule has 0 aliphatic carbocycles. The summed E-state index contributed by atoms with van der Waals surface area (Å²) in [5.41, 5.74) is 2.23. The maximum absolute atomic E-state index is 11.7. The predicted octanol–water partition coefficient (Wildman–Crippen LogP) is 5.12. The number of hydrogen-bond acceptors (Lipinski definition) is 6. The molecule has 6 heteroatoms. The van der Waals surface area contributed by atoms with Gasteiger partial charge in [0.2, 0.25) is 0 Å². The summed E-state index contributed by atoms with van der Waals surface area (Å²) >= 11 is 0. The summed E-state index contributed by atoms with van der Waals surface area (Å²) in [6.07, 6.45) is 2.58. The molecule has 0 aliphatic rings. The average molecular weight is 469 g/mol. The Hall–Kier alpha value is -2.88. The molecule has 0 spiro atoms. The van der Waals surface area contributed by atoms with Crippen molar-refractivity contribution in [1.82, 2.24) is 4.90 Å². The van der Waals surface area contributed by atoms with Gasteiger partial charge in [-0.05, 0) is 74.2 Å². The van der Waals surface area contributed by atoms with Gasteiger partial charge in [-0.25, -0.2) is 4.79 Å². The van der Waals surface area contributed by atoms with Crippen molar-refractivity contribution in [2.75, 3.05) is 48.6 Å². The van der Waals surface area contributed by atoms with Gasteiger partial charge in [0.05, 0.1) is 31.3 Å². The van der Waals surface area contributed by atoms with Gasteiger partial charge in [-0.15, -0.1) is 0 Å². The highest BCUT2D eigenvalue weighted by Gasteiger charge is 2.35. The van der Waals surface area contributed by atoms with Crippen LogP contribution in [0, 0.1) is 17.2 Å². The van der Waals surface area contributed by atoms with Crippen LogP contribution < -0.4 is 4.74 Å². The third-order valence-electron chi connectivity index (χ3n) is 6.03. The van der Waals surface area contributed by atoms with Crippen LogP contribution in [0.25, 0.3) is 0 Å². The van der Waals surface area contributed by atoms with E-state index in [0.717, 1.165) is 49.2 Å². The van der Waals surface area contributed by atoms with Crippen LogP contribution in [0.2, 0.25) is 0 Å². The second-order valence-electron chi connectivity index (χ2n) is 8.72. The zero-order chi connectivity index (χ0) is 25.6. The highest BCUT2D eigenvalue weighted by molar-refractivity contribution is 5.89. The lowest BCUT2D eigenvalue weighted by atomic mass is 9.70. The summed E-state index contributed by atoms with van der Waals surface area (Å²) in [6, 6.07) is 18.1. The zero-order valence-electron chi connectivity index (χ0n) is 21.8. The van der Waals surface area contributed by atoms with Crippen LogP contribution in [-0.2, 0) is 21.3 Å². The Bertz CT molecular complexity index is 905. The first kappa shape index (κ1) is 29.2. The summed E-state index contributed by atoms with van der Waals surface area (Å²) in [5.74, 6) is 0.697. The summed E-state index contributed by atoms with van der Waals surface area (Å²) in [7, 11) is 8.39. The largest absolute Gasteiger partial charge is 0.497 e. The first-order valence-corrected chi connectivity index (χ1v) is 11.6. The standard InChI is InChI=1S/C26H34N2O3.C2H6O/c1-20(2)26(19-27,23-10-12-24(30-4)13-11-23)15-7-16-28(3)17-14-21-8-6-9-22(18-21)25(29)31-5;1-3-2/h6,8-13,18,20H,7,14-17H2,1-5H3;1-2H3. The normalized spacial score (nSPS) is 12.4. The van der Waals surface area contributed by atoms with Crippen LogP contribution in [0.1, 0.15) is 48.2 Å². The number of nitriles is 1. The molecule has 186 valence electrons. The lowest BCUT2D eigenvalue weighted by Crippen LogP contribution is -2.32. The van der Waals surface area contributed by atoms with Crippen LogP contribution in [-0.4, -0.2) is 59.4 Å². The van der Waals surface area contributed by atoms with E-state index >= 15 is 0 Å². The molecule has 1 unspecified atom stereocenters. The minimum Gasteiger partial charge on any atom is -0.497 e. The fraction of sp³-hybridized carbons (Fsp3) is 0.500. The van der Waals surface area contributed by atoms with Gasteiger partial charge in [-0.1, -0.05) is 38.1 Å². The van der Waals surface area contributed by atoms with E-state index in [2.05, 4.69) is 36.6 Å². The van der Waals surface area contributed by atoms with E-state index in [1.807, 2.05) is 42.5 Å². The van der Waals surface area contributed by atoms with Crippen molar-refractivity contribution in [2.45, 2.75) is 38.5 Å². The zero-order valence-corrected chi connectivity index (χ0v) is 21.8. The Morgan fingerprint density at radius 2 is 1.71 bits per heavy atom. The lowest BCUT2D eigenvalue weighted by molar-refractivity contribution is 0.0600. The first-order valence-electron chi connectivity index (χ1n) is 11.6. The topological polar surface area (TPSA) is 71.8 Å². The molecule has 2 rings (SSSR count). The minimum atomic E-state index is -0.512. The Balaban J connectivity index is 0.00000182. The first-order chi connectivity index (χ1) is 16.3. The van der Waals surface area contributed by atoms with Gasteiger partial charge in [-0.2, -0.15) is 5.26 Å². The molecule has 0 saturated carbocycles. The molecule has 0 amide bonds. The van der Waals surface area contributed by atoms with E-state index in [1.54, 1.807) is 27.4 Å². The highest BCUT2D eigenvalue weighted by atomic mass is 16.5. The number of ether oxygens (including phenoxy) is 3. The fourth-order valence-electron chi connectivity index (χ4n) is 3.94. The van der Waals surface area contributed by atoms with Crippen molar-refractivity contribution >= 4 is 5.97 Å². The van der Waals surface area contributed by atoms with Crippen LogP contribution in [0.4, 0.5) is 0 Å². The molecule has 0 heterocycles. The van der Waals surface area contributed by atoms with Crippen molar-refractivity contribution in [3.8, 4) is 11.8 Å². The van der Waals surface area contributed by atoms with E-state index in [0.29, 0.717) is 5.56 Å². The maximum Gasteiger partial charge on any atom is 0.337 e. The Morgan fingerprint density at radius 3 is 2.24 bits per heavy atom. The molecule has 0 N–H and O–H groups in total. The van der Waals surface area contributed by atoms with E-state index in [4.69, 9.17) is 9.47 Å². The van der Waals surface area contributed by atoms with Gasteiger partial charge < -0.3 is 19.1 Å². The number of likely N-dealkylation sites (N-methyl/N-ethyl adjacent to an activating group) is 1. The minimum absolute atomic E-state index is 0.206. The number of carbonyl (C=O) groups excluding carboxylic acids is 1. The van der Waals surface area contributed by atoms with Crippen LogP contribution in [0.3, 0.4) is 0 Å². The van der Waals surface area contributed by atoms with E-state index in [9.17, 15) is 10.1 Å². The molecule has 34 heavy (non-hydrogen) atoms. The fourth-order valence-corrected chi connectivity index (χ4v) is 3.94. The monoisotopic (exact) mass is 468 g/mol. The molecule has 0 saturated heterocycles. The van der Waals surface area contributed by atoms with Gasteiger partial charge in [0.15, 0.2) is 0 Å². The van der Waals surface area contributed by atoms with E-state index in [1.165, 1.54) is 7.11 Å². The number of nitrogens with zero attached hydrogens (tertiary/aromatic N) is 2. The molecule has 0 fully saturated rings. The molecule has 2 aromatic rings. The number of rotatable bonds is 11. The van der Waals surface area contributed by atoms with Gasteiger partial charge in [0, 0.05) is 20.8 Å². The number of benzene rings is 2. The summed E-state index contributed by atoms with van der Waals surface area (Å²) < 4.78 is 14.3. The molecule has 6 nitrogen and oxygen atoms in total. The Kier molecular flexibility index (Phi) is 13.0. The molecular weight excluding hydrogens is 428 g/mol. The summed E-state index contributed by atoms with van der Waals surface area (Å²) in [6.45, 7) is 6.02. The van der Waals surface area contributed by atoms with E-state index < -0.39 is 5.41 Å². The quantitative estimate of drug-likeness (QED) is 0.427. The molecule has 0 aliphatic heterocycles. The lowest BCUT2D eigenvalue weighted by Gasteiger charge is -2.32. The second-order valence-corrected chi connectivity index (χ2v) is 8.72. The van der Waals surface area contributed by atoms with Crippen molar-refractivity contribution in [1.29, 1.82) is 5.26 Å². The summed E-state index contributed by atoms with van der Waals surface area (Å²) in [4.78, 5) is 14.0. The number of hydrogen-bond donors (Lipinski definition) is 0. The van der Waals surface area contributed by atoms with Gasteiger partial charge in [0.1, 0.15) is 5.75 Å². The number of carbonyl (C=O) groups is 1. The summed E-state index contributed by atoms with van der Waals surface area (Å²) in [5, 5.41) is 10.1. The number of methoxy groups -OCH3 is 3. The smallest absolute Gasteiger partial charge is 0.337 e. The van der Waals surface area contributed by atoms with Crippen molar-refractivity contribution in [3.05, 3.63) is 65.2 Å². The molecule has 0 bridgehead atoms. The van der Waals surface area contributed by atoms with Crippen molar-refractivity contribution < 1.29 is 19.0 Å². The molecule has 0 aromatic heterocycles. The van der Waals surface area contributed by atoms with Crippen LogP contribution >= 0.6 is 0 Å².